The first kappa shape index (κ1) is 18.9. The number of aromatic nitrogens is 5. The van der Waals surface area contributed by atoms with Crippen molar-refractivity contribution in [3.05, 3.63) is 65.6 Å². The molecule has 2 aliphatic heterocycles. The number of allylic oxidation sites excluding steroid dienone is 1. The fourth-order valence-corrected chi connectivity index (χ4v) is 4.59. The molecule has 3 aromatic rings. The normalized spacial score (nSPS) is 25.8. The number of nitrogens with zero attached hydrogens (tertiary/aromatic N) is 4. The van der Waals surface area contributed by atoms with Crippen molar-refractivity contribution in [1.29, 1.82) is 0 Å². The molecule has 2 saturated heterocycles. The molecule has 0 spiro atoms. The lowest BCUT2D eigenvalue weighted by molar-refractivity contribution is 0.0982. The maximum absolute atomic E-state index is 15.0. The molecule has 5 rings (SSSR count). The van der Waals surface area contributed by atoms with Crippen molar-refractivity contribution in [2.24, 2.45) is 5.92 Å². The third-order valence-corrected chi connectivity index (χ3v) is 6.22. The molecule has 5 heterocycles. The lowest BCUT2D eigenvalue weighted by Gasteiger charge is -2.43. The Hall–Kier alpha value is -3.13. The second-order valence-electron chi connectivity index (χ2n) is 8.08. The van der Waals surface area contributed by atoms with E-state index >= 15 is 0 Å². The fraction of sp³-hybridized carbons (Fsp3) is 0.364. The van der Waals surface area contributed by atoms with Gasteiger partial charge in [0.2, 0.25) is 0 Å². The van der Waals surface area contributed by atoms with E-state index in [9.17, 15) is 9.18 Å². The van der Waals surface area contributed by atoms with Gasteiger partial charge in [-0.25, -0.2) is 9.37 Å². The number of halogens is 1. The summed E-state index contributed by atoms with van der Waals surface area (Å²) in [4.78, 5) is 19.6. The van der Waals surface area contributed by atoms with Crippen molar-refractivity contribution in [3.63, 3.8) is 0 Å². The van der Waals surface area contributed by atoms with Crippen LogP contribution in [0.4, 0.5) is 4.39 Å². The Morgan fingerprint density at radius 1 is 1.27 bits per heavy atom. The van der Waals surface area contributed by atoms with Crippen LogP contribution in [-0.4, -0.2) is 43.0 Å². The summed E-state index contributed by atoms with van der Waals surface area (Å²) in [6.45, 7) is 4.14. The van der Waals surface area contributed by atoms with E-state index in [-0.39, 0.29) is 17.4 Å². The SMILES string of the molecule is C=C(c1ccc(-c2c[nH]c(-n3ccnc3)cc2=O)nn1)[C@@H]1C[C@H]2CCC[C@H](N2)[C@H]1F. The van der Waals surface area contributed by atoms with E-state index in [1.54, 1.807) is 41.6 Å². The average molecular weight is 406 g/mol. The Kier molecular flexibility index (Phi) is 4.78. The van der Waals surface area contributed by atoms with E-state index in [1.165, 1.54) is 6.07 Å². The van der Waals surface area contributed by atoms with Gasteiger partial charge in [0.05, 0.1) is 17.0 Å². The highest BCUT2D eigenvalue weighted by atomic mass is 19.1. The molecule has 0 saturated carbocycles. The number of pyridine rings is 1. The van der Waals surface area contributed by atoms with E-state index < -0.39 is 6.17 Å². The highest BCUT2D eigenvalue weighted by Crippen LogP contribution is 2.38. The minimum atomic E-state index is -0.964. The molecule has 0 amide bonds. The molecule has 30 heavy (non-hydrogen) atoms. The van der Waals surface area contributed by atoms with Crippen molar-refractivity contribution in [1.82, 2.24) is 30.0 Å². The predicted octanol–water partition coefficient (Wildman–Crippen LogP) is 2.90. The van der Waals surface area contributed by atoms with Crippen LogP contribution in [0.2, 0.25) is 0 Å². The van der Waals surface area contributed by atoms with Crippen molar-refractivity contribution >= 4 is 5.57 Å². The minimum Gasteiger partial charge on any atom is -0.347 e. The van der Waals surface area contributed by atoms with E-state index in [2.05, 4.69) is 32.1 Å². The zero-order valence-corrected chi connectivity index (χ0v) is 16.5. The first-order valence-corrected chi connectivity index (χ1v) is 10.2. The molecule has 8 heteroatoms. The number of nitrogens with one attached hydrogen (secondary N) is 2. The van der Waals surface area contributed by atoms with E-state index in [4.69, 9.17) is 0 Å². The summed E-state index contributed by atoms with van der Waals surface area (Å²) in [5.74, 6) is 0.365. The van der Waals surface area contributed by atoms with Gasteiger partial charge in [-0.2, -0.15) is 5.10 Å². The van der Waals surface area contributed by atoms with E-state index in [1.807, 2.05) is 0 Å². The topological polar surface area (TPSA) is 88.5 Å². The second-order valence-corrected chi connectivity index (χ2v) is 8.08. The van der Waals surface area contributed by atoms with E-state index in [0.717, 1.165) is 25.7 Å². The van der Waals surface area contributed by atoms with Crippen LogP contribution in [0.1, 0.15) is 31.4 Å². The molecule has 0 radical (unpaired) electrons. The number of hydrogen-bond acceptors (Lipinski definition) is 5. The number of aromatic amines is 1. The zero-order chi connectivity index (χ0) is 20.7. The Labute approximate surface area is 173 Å². The van der Waals surface area contributed by atoms with Gasteiger partial charge in [-0.15, -0.1) is 5.10 Å². The Balaban J connectivity index is 1.37. The van der Waals surface area contributed by atoms with Crippen molar-refractivity contribution in [3.8, 4) is 17.1 Å². The number of piperidine rings is 2. The van der Waals surface area contributed by atoms with Crippen molar-refractivity contribution < 1.29 is 4.39 Å². The lowest BCUT2D eigenvalue weighted by Crippen LogP contribution is -2.55. The summed E-state index contributed by atoms with van der Waals surface area (Å²) < 4.78 is 16.7. The Bertz CT molecular complexity index is 1110. The minimum absolute atomic E-state index is 0.0981. The number of fused-ring (bicyclic) bond motifs is 2. The molecule has 2 aliphatic rings. The van der Waals surface area contributed by atoms with Crippen LogP contribution >= 0.6 is 0 Å². The van der Waals surface area contributed by atoms with E-state index in [0.29, 0.717) is 34.4 Å². The monoisotopic (exact) mass is 406 g/mol. The van der Waals surface area contributed by atoms with Gasteiger partial charge >= 0.3 is 0 Å². The smallest absolute Gasteiger partial charge is 0.193 e. The molecule has 0 unspecified atom stereocenters. The highest BCUT2D eigenvalue weighted by molar-refractivity contribution is 5.65. The van der Waals surface area contributed by atoms with Crippen molar-refractivity contribution in [2.45, 2.75) is 43.9 Å². The maximum Gasteiger partial charge on any atom is 0.193 e. The summed E-state index contributed by atoms with van der Waals surface area (Å²) in [6.07, 6.45) is 9.40. The average Bonchev–Trinajstić information content (AvgIpc) is 3.31. The quantitative estimate of drug-likeness (QED) is 0.696. The first-order valence-electron chi connectivity index (χ1n) is 10.2. The number of hydrogen-bond donors (Lipinski definition) is 2. The molecular weight excluding hydrogens is 383 g/mol. The van der Waals surface area contributed by atoms with Gasteiger partial charge < -0.3 is 10.3 Å². The summed E-state index contributed by atoms with van der Waals surface area (Å²) in [6, 6.07) is 5.26. The van der Waals surface area contributed by atoms with Crippen LogP contribution in [0.5, 0.6) is 0 Å². The van der Waals surface area contributed by atoms with Crippen LogP contribution in [0, 0.1) is 5.92 Å². The summed E-state index contributed by atoms with van der Waals surface area (Å²) in [7, 11) is 0. The molecule has 2 fully saturated rings. The number of H-pyrrole nitrogens is 1. The molecule has 2 bridgehead atoms. The fourth-order valence-electron chi connectivity index (χ4n) is 4.59. The van der Waals surface area contributed by atoms with Gasteiger partial charge in [0.1, 0.15) is 18.3 Å². The van der Waals surface area contributed by atoms with Crippen LogP contribution in [0.15, 0.2) is 54.5 Å². The molecule has 3 aromatic heterocycles. The van der Waals surface area contributed by atoms with Gasteiger partial charge in [-0.05, 0) is 37.0 Å². The molecule has 4 atom stereocenters. The second kappa shape index (κ2) is 7.60. The third kappa shape index (κ3) is 3.37. The standard InChI is InChI=1S/C22H23FN6O/c1-13(15-9-14-3-2-4-19(26-14)22(15)23)17-5-6-18(28-27-17)16-11-25-21(10-20(16)30)29-8-7-24-12-29/h5-8,10-12,14-15,19,22,26H,1-4,9H2,(H,25,30)/t14-,15+,19+,22+/m1/s1. The molecular formula is C22H23FN6O. The van der Waals surface area contributed by atoms with Gasteiger partial charge in [0.25, 0.3) is 0 Å². The number of alkyl halides is 1. The zero-order valence-electron chi connectivity index (χ0n) is 16.5. The molecule has 154 valence electrons. The van der Waals surface area contributed by atoms with Crippen LogP contribution < -0.4 is 10.7 Å². The van der Waals surface area contributed by atoms with Gasteiger partial charge in [-0.3, -0.25) is 9.36 Å². The summed E-state index contributed by atoms with van der Waals surface area (Å²) in [5.41, 5.74) is 1.97. The Morgan fingerprint density at radius 2 is 2.17 bits per heavy atom. The number of imidazole rings is 1. The van der Waals surface area contributed by atoms with Gasteiger partial charge in [-0.1, -0.05) is 13.0 Å². The summed E-state index contributed by atoms with van der Waals surface area (Å²) in [5, 5.41) is 11.9. The predicted molar refractivity (Wildman–Crippen MR) is 112 cm³/mol. The molecule has 0 aliphatic carbocycles. The van der Waals surface area contributed by atoms with Crippen LogP contribution in [0.3, 0.4) is 0 Å². The van der Waals surface area contributed by atoms with Gasteiger partial charge in [0, 0.05) is 42.7 Å². The number of rotatable bonds is 4. The third-order valence-electron chi connectivity index (χ3n) is 6.22. The highest BCUT2D eigenvalue weighted by Gasteiger charge is 2.41. The summed E-state index contributed by atoms with van der Waals surface area (Å²) >= 11 is 0. The molecule has 2 N–H and O–H groups in total. The van der Waals surface area contributed by atoms with Crippen LogP contribution in [0.25, 0.3) is 22.6 Å². The molecule has 7 nitrogen and oxygen atoms in total. The molecule has 0 aromatic carbocycles. The van der Waals surface area contributed by atoms with Gasteiger partial charge in [0.15, 0.2) is 5.43 Å². The lowest BCUT2D eigenvalue weighted by atomic mass is 9.75. The van der Waals surface area contributed by atoms with Crippen LogP contribution in [-0.2, 0) is 0 Å². The van der Waals surface area contributed by atoms with Crippen molar-refractivity contribution in [2.75, 3.05) is 0 Å². The Morgan fingerprint density at radius 3 is 2.90 bits per heavy atom. The largest absolute Gasteiger partial charge is 0.347 e. The maximum atomic E-state index is 15.0. The first-order chi connectivity index (χ1) is 14.6.